The monoisotopic (exact) mass is 349 g/mol. The van der Waals surface area contributed by atoms with Crippen molar-refractivity contribution in [3.63, 3.8) is 0 Å². The summed E-state index contributed by atoms with van der Waals surface area (Å²) in [5, 5.41) is 3.56. The number of likely N-dealkylation sites (N-methyl/N-ethyl adjacent to an activating group) is 1. The molecule has 23 heavy (non-hydrogen) atoms. The van der Waals surface area contributed by atoms with Gasteiger partial charge in [-0.25, -0.2) is 4.98 Å². The van der Waals surface area contributed by atoms with Gasteiger partial charge in [-0.1, -0.05) is 17.7 Å². The van der Waals surface area contributed by atoms with Gasteiger partial charge in [-0.15, -0.1) is 11.8 Å². The number of benzene rings is 1. The van der Waals surface area contributed by atoms with E-state index in [0.717, 1.165) is 23.0 Å². The van der Waals surface area contributed by atoms with Crippen LogP contribution in [-0.4, -0.2) is 41.7 Å². The highest BCUT2D eigenvalue weighted by molar-refractivity contribution is 7.99. The van der Waals surface area contributed by atoms with Crippen molar-refractivity contribution in [1.82, 2.24) is 9.88 Å². The number of rotatable bonds is 7. The summed E-state index contributed by atoms with van der Waals surface area (Å²) in [7, 11) is 1.94. The lowest BCUT2D eigenvalue weighted by atomic mass is 10.3. The first kappa shape index (κ1) is 17.8. The van der Waals surface area contributed by atoms with Gasteiger partial charge >= 0.3 is 0 Å². The number of aromatic nitrogens is 1. The molecular formula is C17H20ClN3OS. The molecule has 4 nitrogen and oxygen atoms in total. The van der Waals surface area contributed by atoms with Crippen LogP contribution in [0.2, 0.25) is 5.02 Å². The van der Waals surface area contributed by atoms with E-state index in [4.69, 9.17) is 11.6 Å². The highest BCUT2D eigenvalue weighted by Crippen LogP contribution is 2.20. The molecule has 0 spiro atoms. The van der Waals surface area contributed by atoms with E-state index in [1.165, 1.54) is 4.90 Å². The van der Waals surface area contributed by atoms with E-state index in [9.17, 15) is 4.79 Å². The van der Waals surface area contributed by atoms with Crippen LogP contribution in [0.15, 0.2) is 47.4 Å². The van der Waals surface area contributed by atoms with Crippen LogP contribution in [0.3, 0.4) is 0 Å². The molecule has 0 aliphatic carbocycles. The summed E-state index contributed by atoms with van der Waals surface area (Å²) in [6.07, 6.45) is 0. The van der Waals surface area contributed by atoms with E-state index < -0.39 is 0 Å². The van der Waals surface area contributed by atoms with E-state index in [1.54, 1.807) is 17.8 Å². The Morgan fingerprint density at radius 3 is 2.70 bits per heavy atom. The predicted octanol–water partition coefficient (Wildman–Crippen LogP) is 3.71. The van der Waals surface area contributed by atoms with Gasteiger partial charge in [-0.2, -0.15) is 0 Å². The van der Waals surface area contributed by atoms with Gasteiger partial charge in [0, 0.05) is 27.9 Å². The van der Waals surface area contributed by atoms with Crippen molar-refractivity contribution in [2.24, 2.45) is 0 Å². The first-order valence-electron chi connectivity index (χ1n) is 7.33. The van der Waals surface area contributed by atoms with Gasteiger partial charge in [-0.3, -0.25) is 9.69 Å². The zero-order valence-corrected chi connectivity index (χ0v) is 14.8. The van der Waals surface area contributed by atoms with Crippen molar-refractivity contribution in [3.8, 4) is 0 Å². The van der Waals surface area contributed by atoms with Gasteiger partial charge < -0.3 is 5.32 Å². The minimum atomic E-state index is -0.0536. The Labute approximate surface area is 146 Å². The molecule has 0 atom stereocenters. The van der Waals surface area contributed by atoms with Gasteiger partial charge in [0.1, 0.15) is 5.82 Å². The number of amides is 1. The molecule has 0 aliphatic rings. The topological polar surface area (TPSA) is 45.2 Å². The SMILES string of the molecule is Cc1cccc(NC(=O)CN(C)CCSc2ccc(Cl)cc2)n1. The molecular weight excluding hydrogens is 330 g/mol. The molecule has 2 aromatic rings. The van der Waals surface area contributed by atoms with Crippen LogP contribution < -0.4 is 5.32 Å². The summed E-state index contributed by atoms with van der Waals surface area (Å²) in [4.78, 5) is 19.4. The molecule has 1 aromatic carbocycles. The molecule has 1 aromatic heterocycles. The fourth-order valence-electron chi connectivity index (χ4n) is 1.97. The van der Waals surface area contributed by atoms with E-state index in [1.807, 2.05) is 55.3 Å². The molecule has 0 radical (unpaired) electrons. The molecule has 0 fully saturated rings. The third-order valence-electron chi connectivity index (χ3n) is 3.12. The minimum absolute atomic E-state index is 0.0536. The zero-order chi connectivity index (χ0) is 16.7. The molecule has 0 saturated carbocycles. The maximum absolute atomic E-state index is 12.0. The molecule has 122 valence electrons. The van der Waals surface area contributed by atoms with Crippen molar-refractivity contribution >= 4 is 35.1 Å². The molecule has 2 rings (SSSR count). The summed E-state index contributed by atoms with van der Waals surface area (Å²) in [6.45, 7) is 3.06. The molecule has 0 aliphatic heterocycles. The Hall–Kier alpha value is -1.56. The Kier molecular flexibility index (Phi) is 6.89. The van der Waals surface area contributed by atoms with Crippen molar-refractivity contribution in [2.75, 3.05) is 31.2 Å². The van der Waals surface area contributed by atoms with Crippen molar-refractivity contribution in [1.29, 1.82) is 0 Å². The number of halogens is 1. The lowest BCUT2D eigenvalue weighted by Gasteiger charge is -2.15. The number of thioether (sulfide) groups is 1. The van der Waals surface area contributed by atoms with Crippen LogP contribution in [0.4, 0.5) is 5.82 Å². The first-order valence-corrected chi connectivity index (χ1v) is 8.70. The highest BCUT2D eigenvalue weighted by Gasteiger charge is 2.07. The molecule has 0 unspecified atom stereocenters. The number of pyridine rings is 1. The van der Waals surface area contributed by atoms with Crippen LogP contribution in [0.25, 0.3) is 0 Å². The summed E-state index contributed by atoms with van der Waals surface area (Å²) >= 11 is 7.61. The van der Waals surface area contributed by atoms with Gasteiger partial charge in [0.15, 0.2) is 0 Å². The number of nitrogens with zero attached hydrogens (tertiary/aromatic N) is 2. The second-order valence-corrected chi connectivity index (χ2v) is 6.86. The minimum Gasteiger partial charge on any atom is -0.310 e. The molecule has 1 N–H and O–H groups in total. The second-order valence-electron chi connectivity index (χ2n) is 5.25. The summed E-state index contributed by atoms with van der Waals surface area (Å²) in [5.41, 5.74) is 0.885. The van der Waals surface area contributed by atoms with E-state index >= 15 is 0 Å². The quantitative estimate of drug-likeness (QED) is 0.774. The third-order valence-corrected chi connectivity index (χ3v) is 4.37. The zero-order valence-electron chi connectivity index (χ0n) is 13.3. The smallest absolute Gasteiger partial charge is 0.239 e. The number of anilines is 1. The standard InChI is InChI=1S/C17H20ClN3OS/c1-13-4-3-5-16(19-13)20-17(22)12-21(2)10-11-23-15-8-6-14(18)7-9-15/h3-9H,10-12H2,1-2H3,(H,19,20,22). The number of nitrogens with one attached hydrogen (secondary N) is 1. The second kappa shape index (κ2) is 8.91. The third kappa shape index (κ3) is 6.60. The normalized spacial score (nSPS) is 10.8. The Balaban J connectivity index is 1.70. The number of carbonyl (C=O) groups is 1. The van der Waals surface area contributed by atoms with E-state index in [-0.39, 0.29) is 5.91 Å². The lowest BCUT2D eigenvalue weighted by molar-refractivity contribution is -0.117. The largest absolute Gasteiger partial charge is 0.310 e. The van der Waals surface area contributed by atoms with Gasteiger partial charge in [0.2, 0.25) is 5.91 Å². The molecule has 1 amide bonds. The highest BCUT2D eigenvalue weighted by atomic mass is 35.5. The molecule has 6 heteroatoms. The van der Waals surface area contributed by atoms with Gasteiger partial charge in [0.25, 0.3) is 0 Å². The van der Waals surface area contributed by atoms with Crippen molar-refractivity contribution in [2.45, 2.75) is 11.8 Å². The average Bonchev–Trinajstić information content (AvgIpc) is 2.49. The average molecular weight is 350 g/mol. The van der Waals surface area contributed by atoms with Gasteiger partial charge in [0.05, 0.1) is 6.54 Å². The number of carbonyl (C=O) groups excluding carboxylic acids is 1. The Morgan fingerprint density at radius 2 is 2.00 bits per heavy atom. The molecule has 1 heterocycles. The van der Waals surface area contributed by atoms with Crippen LogP contribution in [0.1, 0.15) is 5.69 Å². The van der Waals surface area contributed by atoms with Crippen LogP contribution in [0.5, 0.6) is 0 Å². The lowest BCUT2D eigenvalue weighted by Crippen LogP contribution is -2.31. The first-order chi connectivity index (χ1) is 11.0. The molecule has 0 bridgehead atoms. The predicted molar refractivity (Wildman–Crippen MR) is 97.3 cm³/mol. The number of hydrogen-bond donors (Lipinski definition) is 1. The van der Waals surface area contributed by atoms with Crippen molar-refractivity contribution < 1.29 is 4.79 Å². The van der Waals surface area contributed by atoms with E-state index in [0.29, 0.717) is 12.4 Å². The maximum atomic E-state index is 12.0. The number of hydrogen-bond acceptors (Lipinski definition) is 4. The van der Waals surface area contributed by atoms with Crippen molar-refractivity contribution in [3.05, 3.63) is 53.2 Å². The maximum Gasteiger partial charge on any atom is 0.239 e. The fraction of sp³-hybridized carbons (Fsp3) is 0.294. The summed E-state index contributed by atoms with van der Waals surface area (Å²) in [6, 6.07) is 13.3. The van der Waals surface area contributed by atoms with Gasteiger partial charge in [-0.05, 0) is 50.4 Å². The van der Waals surface area contributed by atoms with Crippen LogP contribution in [0, 0.1) is 6.92 Å². The van der Waals surface area contributed by atoms with E-state index in [2.05, 4.69) is 10.3 Å². The van der Waals surface area contributed by atoms with Crippen LogP contribution in [-0.2, 0) is 4.79 Å². The summed E-state index contributed by atoms with van der Waals surface area (Å²) < 4.78 is 0. The van der Waals surface area contributed by atoms with Crippen LogP contribution >= 0.6 is 23.4 Å². The Morgan fingerprint density at radius 1 is 1.26 bits per heavy atom. The fourth-order valence-corrected chi connectivity index (χ4v) is 3.06. The number of aryl methyl sites for hydroxylation is 1. The molecule has 0 saturated heterocycles. The Bertz CT molecular complexity index is 649. The summed E-state index contributed by atoms with van der Waals surface area (Å²) in [5.74, 6) is 1.45.